The van der Waals surface area contributed by atoms with Gasteiger partial charge in [0.2, 0.25) is 5.91 Å². The number of rotatable bonds is 2. The van der Waals surface area contributed by atoms with Gasteiger partial charge in [-0.25, -0.2) is 13.2 Å². The molecule has 0 saturated heterocycles. The molecule has 9 heteroatoms. The summed E-state index contributed by atoms with van der Waals surface area (Å²) in [4.78, 5) is 24.3. The predicted octanol–water partition coefficient (Wildman–Crippen LogP) is 2.95. The van der Waals surface area contributed by atoms with Crippen molar-refractivity contribution in [2.45, 2.75) is 25.1 Å². The molecule has 2 N–H and O–H groups in total. The Morgan fingerprint density at radius 1 is 1.21 bits per heavy atom. The fraction of sp³-hybridized carbons (Fsp3) is 0.333. The Hall–Kier alpha value is -2.16. The zero-order valence-electron chi connectivity index (χ0n) is 12.8. The highest BCUT2D eigenvalue weighted by Gasteiger charge is 2.33. The van der Waals surface area contributed by atoms with Gasteiger partial charge in [-0.15, -0.1) is 11.8 Å². The SMILES string of the molecule is CC(C)n1[nH]c(=O)c2c1NC(=O)CS[C@H]2c1ccc(F)c(F)c1F. The molecule has 3 rings (SSSR count). The Balaban J connectivity index is 2.24. The molecule has 1 atom stereocenters. The Morgan fingerprint density at radius 3 is 2.58 bits per heavy atom. The number of amides is 1. The number of carbonyl (C=O) groups is 1. The number of aromatic nitrogens is 2. The lowest BCUT2D eigenvalue weighted by Gasteiger charge is -2.16. The minimum Gasteiger partial charge on any atom is -0.310 e. The monoisotopic (exact) mass is 357 g/mol. The van der Waals surface area contributed by atoms with Crippen LogP contribution in [0.4, 0.5) is 19.0 Å². The molecule has 0 radical (unpaired) electrons. The maximum Gasteiger partial charge on any atom is 0.270 e. The van der Waals surface area contributed by atoms with Crippen molar-refractivity contribution in [3.05, 3.63) is 51.1 Å². The number of thioether (sulfide) groups is 1. The minimum atomic E-state index is -1.60. The molecular formula is C15H14F3N3O2S. The van der Waals surface area contributed by atoms with E-state index in [1.807, 2.05) is 0 Å². The summed E-state index contributed by atoms with van der Waals surface area (Å²) in [5.41, 5.74) is -0.573. The molecule has 1 amide bonds. The van der Waals surface area contributed by atoms with Crippen molar-refractivity contribution in [1.29, 1.82) is 0 Å². The van der Waals surface area contributed by atoms with Crippen molar-refractivity contribution in [3.63, 3.8) is 0 Å². The van der Waals surface area contributed by atoms with Crippen molar-refractivity contribution in [3.8, 4) is 0 Å². The van der Waals surface area contributed by atoms with Crippen LogP contribution in [0.2, 0.25) is 0 Å². The van der Waals surface area contributed by atoms with Crippen LogP contribution in [0.25, 0.3) is 0 Å². The number of benzene rings is 1. The summed E-state index contributed by atoms with van der Waals surface area (Å²) in [6, 6.07) is 1.74. The summed E-state index contributed by atoms with van der Waals surface area (Å²) < 4.78 is 42.5. The van der Waals surface area contributed by atoms with Crippen molar-refractivity contribution >= 4 is 23.5 Å². The number of hydrogen-bond donors (Lipinski definition) is 2. The zero-order chi connectivity index (χ0) is 17.6. The number of fused-ring (bicyclic) bond motifs is 1. The Kier molecular flexibility index (Phi) is 4.20. The van der Waals surface area contributed by atoms with Crippen LogP contribution < -0.4 is 10.9 Å². The maximum absolute atomic E-state index is 14.2. The van der Waals surface area contributed by atoms with E-state index in [4.69, 9.17) is 0 Å². The Labute approximate surface area is 139 Å². The van der Waals surface area contributed by atoms with Gasteiger partial charge in [-0.05, 0) is 19.9 Å². The highest BCUT2D eigenvalue weighted by atomic mass is 32.2. The van der Waals surface area contributed by atoms with Gasteiger partial charge in [-0.1, -0.05) is 6.07 Å². The standard InChI is InChI=1S/C15H14F3N3O2S/c1-6(2)21-14-10(15(23)20-21)13(24-5-9(22)19-14)7-3-4-8(16)12(18)11(7)17/h3-4,6,13H,5H2,1-2H3,(H,19,22)(H,20,23)/t13-/m0/s1. The summed E-state index contributed by atoms with van der Waals surface area (Å²) in [5, 5.41) is 4.28. The van der Waals surface area contributed by atoms with Crippen LogP contribution in [0, 0.1) is 17.5 Å². The molecule has 0 fully saturated rings. The number of nitrogens with one attached hydrogen (secondary N) is 2. The lowest BCUT2D eigenvalue weighted by Crippen LogP contribution is -2.17. The maximum atomic E-state index is 14.2. The molecule has 0 bridgehead atoms. The summed E-state index contributed by atoms with van der Waals surface area (Å²) in [6.07, 6.45) is 0. The van der Waals surface area contributed by atoms with E-state index in [2.05, 4.69) is 10.4 Å². The van der Waals surface area contributed by atoms with Gasteiger partial charge in [0.25, 0.3) is 5.56 Å². The predicted molar refractivity (Wildman–Crippen MR) is 84.7 cm³/mol. The number of hydrogen-bond acceptors (Lipinski definition) is 3. The first-order valence-electron chi connectivity index (χ1n) is 7.20. The smallest absolute Gasteiger partial charge is 0.270 e. The van der Waals surface area contributed by atoms with Gasteiger partial charge in [-0.2, -0.15) is 0 Å². The van der Waals surface area contributed by atoms with E-state index >= 15 is 0 Å². The summed E-state index contributed by atoms with van der Waals surface area (Å²) in [5.74, 6) is -4.45. The second kappa shape index (κ2) is 6.04. The molecule has 0 spiro atoms. The van der Waals surface area contributed by atoms with Gasteiger partial charge in [0.05, 0.1) is 16.6 Å². The fourth-order valence-electron chi connectivity index (χ4n) is 2.62. The van der Waals surface area contributed by atoms with Crippen molar-refractivity contribution in [2.75, 3.05) is 11.1 Å². The van der Waals surface area contributed by atoms with E-state index < -0.39 is 28.3 Å². The molecule has 2 heterocycles. The first-order valence-corrected chi connectivity index (χ1v) is 8.25. The minimum absolute atomic E-state index is 0.0463. The molecular weight excluding hydrogens is 343 g/mol. The van der Waals surface area contributed by atoms with E-state index in [1.54, 1.807) is 13.8 Å². The van der Waals surface area contributed by atoms with Gasteiger partial charge >= 0.3 is 0 Å². The average molecular weight is 357 g/mol. The second-order valence-electron chi connectivity index (χ2n) is 5.67. The fourth-order valence-corrected chi connectivity index (χ4v) is 3.76. The first-order chi connectivity index (χ1) is 11.3. The van der Waals surface area contributed by atoms with E-state index in [1.165, 1.54) is 4.68 Å². The van der Waals surface area contributed by atoms with Crippen LogP contribution in [-0.4, -0.2) is 21.4 Å². The lowest BCUT2D eigenvalue weighted by molar-refractivity contribution is -0.113. The Bertz CT molecular complexity index is 876. The molecule has 0 unspecified atom stereocenters. The molecule has 24 heavy (non-hydrogen) atoms. The van der Waals surface area contributed by atoms with Gasteiger partial charge < -0.3 is 5.32 Å². The third-order valence-corrected chi connectivity index (χ3v) is 4.98. The third-order valence-electron chi connectivity index (χ3n) is 3.73. The number of halogens is 3. The van der Waals surface area contributed by atoms with E-state index in [9.17, 15) is 22.8 Å². The molecule has 5 nitrogen and oxygen atoms in total. The zero-order valence-corrected chi connectivity index (χ0v) is 13.6. The summed E-state index contributed by atoms with van der Waals surface area (Å²) >= 11 is 0.981. The number of anilines is 1. The van der Waals surface area contributed by atoms with Crippen LogP contribution in [-0.2, 0) is 4.79 Å². The van der Waals surface area contributed by atoms with Crippen molar-refractivity contribution in [2.24, 2.45) is 0 Å². The number of nitrogens with zero attached hydrogens (tertiary/aromatic N) is 1. The van der Waals surface area contributed by atoms with Crippen LogP contribution in [0.1, 0.15) is 36.3 Å². The van der Waals surface area contributed by atoms with Gasteiger partial charge in [-0.3, -0.25) is 19.4 Å². The van der Waals surface area contributed by atoms with Crippen molar-refractivity contribution < 1.29 is 18.0 Å². The highest BCUT2D eigenvalue weighted by Crippen LogP contribution is 2.41. The molecule has 2 aromatic rings. The van der Waals surface area contributed by atoms with Gasteiger partial charge in [0, 0.05) is 11.6 Å². The molecule has 0 saturated carbocycles. The van der Waals surface area contributed by atoms with Crippen LogP contribution in [0.3, 0.4) is 0 Å². The third kappa shape index (κ3) is 2.62. The molecule has 1 aromatic heterocycles. The molecule has 0 aliphatic carbocycles. The summed E-state index contributed by atoms with van der Waals surface area (Å²) in [7, 11) is 0. The van der Waals surface area contributed by atoms with E-state index in [-0.39, 0.29) is 34.6 Å². The number of aromatic amines is 1. The average Bonchev–Trinajstić information content (AvgIpc) is 2.73. The van der Waals surface area contributed by atoms with Gasteiger partial charge in [0.15, 0.2) is 17.5 Å². The summed E-state index contributed by atoms with van der Waals surface area (Å²) in [6.45, 7) is 3.60. The second-order valence-corrected chi connectivity index (χ2v) is 6.76. The quantitative estimate of drug-likeness (QED) is 0.812. The van der Waals surface area contributed by atoms with Gasteiger partial charge in [0.1, 0.15) is 5.82 Å². The highest BCUT2D eigenvalue weighted by molar-refractivity contribution is 8.00. The van der Waals surface area contributed by atoms with Crippen LogP contribution in [0.5, 0.6) is 0 Å². The van der Waals surface area contributed by atoms with E-state index in [0.29, 0.717) is 0 Å². The lowest BCUT2D eigenvalue weighted by atomic mass is 10.0. The largest absolute Gasteiger partial charge is 0.310 e. The molecule has 1 aliphatic heterocycles. The number of H-pyrrole nitrogens is 1. The van der Waals surface area contributed by atoms with E-state index in [0.717, 1.165) is 23.9 Å². The normalized spacial score (nSPS) is 17.6. The van der Waals surface area contributed by atoms with Crippen LogP contribution in [0.15, 0.2) is 16.9 Å². The van der Waals surface area contributed by atoms with Crippen LogP contribution >= 0.6 is 11.8 Å². The Morgan fingerprint density at radius 2 is 1.92 bits per heavy atom. The molecule has 1 aromatic carbocycles. The molecule has 128 valence electrons. The topological polar surface area (TPSA) is 66.9 Å². The first kappa shape index (κ1) is 16.7. The van der Waals surface area contributed by atoms with Crippen molar-refractivity contribution in [1.82, 2.24) is 9.78 Å². The molecule has 1 aliphatic rings. The number of carbonyl (C=O) groups excluding carboxylic acids is 1.